The van der Waals surface area contributed by atoms with Crippen LogP contribution >= 0.6 is 0 Å². The summed E-state index contributed by atoms with van der Waals surface area (Å²) < 4.78 is 7.90. The third kappa shape index (κ3) is 6.06. The first-order valence-electron chi connectivity index (χ1n) is 7.41. The predicted octanol–water partition coefficient (Wildman–Crippen LogP) is 3.23. The van der Waals surface area contributed by atoms with Gasteiger partial charge in [-0.2, -0.15) is 4.57 Å². The van der Waals surface area contributed by atoms with Gasteiger partial charge in [0.2, 0.25) is 0 Å². The topological polar surface area (TPSA) is 16.4 Å². The second-order valence-corrected chi connectivity index (χ2v) is 5.38. The third-order valence-corrected chi connectivity index (χ3v) is 3.53. The molecule has 1 aromatic rings. The molecule has 0 aliphatic rings. The number of nitrogens with zero attached hydrogens (tertiary/aromatic N) is 2. The summed E-state index contributed by atoms with van der Waals surface area (Å²) in [6, 6.07) is 4.22. The highest BCUT2D eigenvalue weighted by Gasteiger charge is 2.08. The molecule has 0 spiro atoms. The first-order chi connectivity index (χ1) is 9.17. The lowest BCUT2D eigenvalue weighted by Gasteiger charge is -2.13. The van der Waals surface area contributed by atoms with Crippen LogP contribution in [-0.2, 0) is 11.5 Å². The summed E-state index contributed by atoms with van der Waals surface area (Å²) in [7, 11) is 4.10. The lowest BCUT2D eigenvalue weighted by Crippen LogP contribution is -2.35. The quantitative estimate of drug-likeness (QED) is 0.637. The molecule has 108 valence electrons. The van der Waals surface area contributed by atoms with Gasteiger partial charge in [-0.25, -0.2) is 0 Å². The maximum atomic E-state index is 5.82. The first-order valence-corrected chi connectivity index (χ1v) is 7.41. The monoisotopic (exact) mass is 265 g/mol. The average molecular weight is 265 g/mol. The lowest BCUT2D eigenvalue weighted by atomic mass is 10.0. The minimum Gasteiger partial charge on any atom is -0.377 e. The fourth-order valence-corrected chi connectivity index (χ4v) is 2.06. The molecule has 3 heteroatoms. The number of aromatic nitrogens is 1. The molecule has 0 bridgehead atoms. The molecular formula is C16H29N2O+. The molecule has 0 aromatic carbocycles. The first kappa shape index (κ1) is 16.0. The zero-order valence-corrected chi connectivity index (χ0v) is 12.9. The highest BCUT2D eigenvalue weighted by molar-refractivity contribution is 5.41. The summed E-state index contributed by atoms with van der Waals surface area (Å²) >= 11 is 0. The molecule has 0 saturated carbocycles. The number of anilines is 1. The predicted molar refractivity (Wildman–Crippen MR) is 80.2 cm³/mol. The van der Waals surface area contributed by atoms with Crippen molar-refractivity contribution >= 4 is 5.69 Å². The van der Waals surface area contributed by atoms with Gasteiger partial charge >= 0.3 is 0 Å². The van der Waals surface area contributed by atoms with Crippen LogP contribution in [0, 0.1) is 5.92 Å². The van der Waals surface area contributed by atoms with Gasteiger partial charge in [0.1, 0.15) is 0 Å². The van der Waals surface area contributed by atoms with Gasteiger partial charge in [0, 0.05) is 31.9 Å². The van der Waals surface area contributed by atoms with Crippen molar-refractivity contribution in [3.63, 3.8) is 0 Å². The van der Waals surface area contributed by atoms with Crippen molar-refractivity contribution in [2.24, 2.45) is 5.92 Å². The Morgan fingerprint density at radius 3 is 2.42 bits per heavy atom. The highest BCUT2D eigenvalue weighted by Crippen LogP contribution is 2.12. The van der Waals surface area contributed by atoms with Crippen molar-refractivity contribution in [3.8, 4) is 0 Å². The van der Waals surface area contributed by atoms with Gasteiger partial charge < -0.3 is 9.64 Å². The normalized spacial score (nSPS) is 12.4. The van der Waals surface area contributed by atoms with Crippen LogP contribution in [0.15, 0.2) is 24.5 Å². The van der Waals surface area contributed by atoms with Gasteiger partial charge in [0.15, 0.2) is 12.4 Å². The second-order valence-electron chi connectivity index (χ2n) is 5.38. The molecule has 0 saturated heterocycles. The SMILES string of the molecule is CCCCC(CC)COC[n+]1ccc(N(C)C)cc1. The molecule has 0 amide bonds. The van der Waals surface area contributed by atoms with Gasteiger partial charge in [-0.05, 0) is 12.3 Å². The minimum atomic E-state index is 0.649. The Kier molecular flexibility index (Phi) is 7.49. The van der Waals surface area contributed by atoms with E-state index in [-0.39, 0.29) is 0 Å². The molecule has 0 aliphatic heterocycles. The standard InChI is InChI=1S/C16H29N2O/c1-5-7-8-15(6-2)13-19-14-18-11-9-16(10-12-18)17(3)4/h9-12,15H,5-8,13-14H2,1-4H3/q+1. The number of unbranched alkanes of at least 4 members (excludes halogenated alkanes) is 1. The molecule has 1 unspecified atom stereocenters. The Hall–Kier alpha value is -1.09. The van der Waals surface area contributed by atoms with Gasteiger partial charge in [0.25, 0.3) is 6.73 Å². The van der Waals surface area contributed by atoms with E-state index in [0.29, 0.717) is 12.6 Å². The van der Waals surface area contributed by atoms with E-state index in [1.54, 1.807) is 0 Å². The molecule has 0 radical (unpaired) electrons. The van der Waals surface area contributed by atoms with E-state index in [9.17, 15) is 0 Å². The highest BCUT2D eigenvalue weighted by atomic mass is 16.5. The number of rotatable bonds is 9. The van der Waals surface area contributed by atoms with Crippen molar-refractivity contribution in [2.45, 2.75) is 46.3 Å². The van der Waals surface area contributed by atoms with E-state index in [1.807, 2.05) is 0 Å². The van der Waals surface area contributed by atoms with Crippen molar-refractivity contribution in [1.82, 2.24) is 0 Å². The zero-order valence-electron chi connectivity index (χ0n) is 12.9. The van der Waals surface area contributed by atoms with E-state index in [1.165, 1.54) is 31.4 Å². The van der Waals surface area contributed by atoms with Gasteiger partial charge in [-0.15, -0.1) is 0 Å². The Morgan fingerprint density at radius 2 is 1.89 bits per heavy atom. The molecule has 0 fully saturated rings. The van der Waals surface area contributed by atoms with E-state index in [0.717, 1.165) is 6.61 Å². The molecule has 3 nitrogen and oxygen atoms in total. The van der Waals surface area contributed by atoms with Crippen LogP contribution in [0.4, 0.5) is 5.69 Å². The fourth-order valence-electron chi connectivity index (χ4n) is 2.06. The molecule has 19 heavy (non-hydrogen) atoms. The van der Waals surface area contributed by atoms with Crippen LogP contribution in [0.1, 0.15) is 39.5 Å². The van der Waals surface area contributed by atoms with Crippen LogP contribution in [0.2, 0.25) is 0 Å². The summed E-state index contributed by atoms with van der Waals surface area (Å²) in [6.07, 6.45) is 9.23. The van der Waals surface area contributed by atoms with E-state index in [2.05, 4.69) is 61.9 Å². The molecule has 0 N–H and O–H groups in total. The smallest absolute Gasteiger partial charge is 0.252 e. The summed E-state index contributed by atoms with van der Waals surface area (Å²) in [5, 5.41) is 0. The number of ether oxygens (including phenoxy) is 1. The Balaban J connectivity index is 2.31. The van der Waals surface area contributed by atoms with Crippen LogP contribution < -0.4 is 9.47 Å². The molecular weight excluding hydrogens is 236 g/mol. The van der Waals surface area contributed by atoms with Crippen molar-refractivity contribution < 1.29 is 9.30 Å². The summed E-state index contributed by atoms with van der Waals surface area (Å²) in [5.74, 6) is 0.710. The number of hydrogen-bond acceptors (Lipinski definition) is 2. The summed E-state index contributed by atoms with van der Waals surface area (Å²) in [6.45, 7) is 6.02. The fraction of sp³-hybridized carbons (Fsp3) is 0.688. The molecule has 1 atom stereocenters. The zero-order chi connectivity index (χ0) is 14.1. The average Bonchev–Trinajstić information content (AvgIpc) is 2.43. The van der Waals surface area contributed by atoms with Crippen molar-refractivity contribution in [1.29, 1.82) is 0 Å². The molecule has 0 aliphatic carbocycles. The molecule has 1 rings (SSSR count). The molecule has 1 heterocycles. The largest absolute Gasteiger partial charge is 0.377 e. The number of hydrogen-bond donors (Lipinski definition) is 0. The maximum absolute atomic E-state index is 5.82. The van der Waals surface area contributed by atoms with E-state index >= 15 is 0 Å². The molecule has 1 aromatic heterocycles. The minimum absolute atomic E-state index is 0.649. The van der Waals surface area contributed by atoms with Gasteiger partial charge in [-0.3, -0.25) is 0 Å². The Morgan fingerprint density at radius 1 is 1.21 bits per heavy atom. The Labute approximate surface area is 118 Å². The van der Waals surface area contributed by atoms with Crippen molar-refractivity contribution in [3.05, 3.63) is 24.5 Å². The van der Waals surface area contributed by atoms with Crippen LogP contribution in [-0.4, -0.2) is 20.7 Å². The third-order valence-electron chi connectivity index (χ3n) is 3.53. The van der Waals surface area contributed by atoms with Gasteiger partial charge in [-0.1, -0.05) is 33.1 Å². The number of pyridine rings is 1. The van der Waals surface area contributed by atoms with Crippen LogP contribution in [0.25, 0.3) is 0 Å². The second kappa shape index (κ2) is 8.92. The Bertz CT molecular complexity index is 335. The lowest BCUT2D eigenvalue weighted by molar-refractivity contribution is -0.733. The van der Waals surface area contributed by atoms with Crippen molar-refractivity contribution in [2.75, 3.05) is 25.6 Å². The van der Waals surface area contributed by atoms with Gasteiger partial charge in [0.05, 0.1) is 6.61 Å². The summed E-state index contributed by atoms with van der Waals surface area (Å²) in [5.41, 5.74) is 1.21. The van der Waals surface area contributed by atoms with E-state index < -0.39 is 0 Å². The summed E-state index contributed by atoms with van der Waals surface area (Å²) in [4.78, 5) is 2.10. The van der Waals surface area contributed by atoms with Crippen LogP contribution in [0.3, 0.4) is 0 Å². The van der Waals surface area contributed by atoms with E-state index in [4.69, 9.17) is 4.74 Å². The van der Waals surface area contributed by atoms with Crippen LogP contribution in [0.5, 0.6) is 0 Å². The maximum Gasteiger partial charge on any atom is 0.252 e.